The van der Waals surface area contributed by atoms with Gasteiger partial charge < -0.3 is 14.5 Å². The molecular formula is C19H21ClFN5O2. The standard InChI is InChI=1S/C19H21ClFN5O2/c1-5-24(2)19(27)12-9-23-26-11-22-17(8-15(12)26)25(3)10-13-16(28-4)7-6-14(21)18(13)20/h6-9,11H,5,10H2,1-4H3. The number of carbonyl (C=O) groups excluding carboxylic acids is 1. The zero-order valence-electron chi connectivity index (χ0n) is 16.1. The molecule has 148 valence electrons. The van der Waals surface area contributed by atoms with Crippen molar-refractivity contribution in [3.8, 4) is 5.75 Å². The van der Waals surface area contributed by atoms with Crippen LogP contribution in [0.1, 0.15) is 22.8 Å². The number of halogens is 2. The van der Waals surface area contributed by atoms with Crippen LogP contribution in [0, 0.1) is 5.82 Å². The minimum atomic E-state index is -0.513. The number of nitrogens with zero attached hydrogens (tertiary/aromatic N) is 5. The number of amides is 1. The Morgan fingerprint density at radius 3 is 2.79 bits per heavy atom. The molecule has 0 N–H and O–H groups in total. The maximum atomic E-state index is 13.9. The summed E-state index contributed by atoms with van der Waals surface area (Å²) in [6.45, 7) is 2.77. The van der Waals surface area contributed by atoms with Crippen molar-refractivity contribution >= 4 is 28.8 Å². The number of hydrogen-bond acceptors (Lipinski definition) is 5. The number of benzene rings is 1. The Morgan fingerprint density at radius 2 is 2.11 bits per heavy atom. The van der Waals surface area contributed by atoms with Crippen molar-refractivity contribution in [2.75, 3.05) is 32.6 Å². The van der Waals surface area contributed by atoms with E-state index >= 15 is 0 Å². The summed E-state index contributed by atoms with van der Waals surface area (Å²) in [5.41, 5.74) is 1.64. The third-order valence-corrected chi connectivity index (χ3v) is 5.02. The highest BCUT2D eigenvalue weighted by Gasteiger charge is 2.19. The molecule has 3 rings (SSSR count). The predicted molar refractivity (Wildman–Crippen MR) is 106 cm³/mol. The van der Waals surface area contributed by atoms with Crippen LogP contribution in [0.15, 0.2) is 30.7 Å². The topological polar surface area (TPSA) is 63.0 Å². The van der Waals surface area contributed by atoms with Crippen molar-refractivity contribution in [2.45, 2.75) is 13.5 Å². The van der Waals surface area contributed by atoms with Gasteiger partial charge in [-0.05, 0) is 19.1 Å². The molecule has 0 atom stereocenters. The summed E-state index contributed by atoms with van der Waals surface area (Å²) in [5.74, 6) is 0.445. The number of ether oxygens (including phenoxy) is 1. The number of hydrogen-bond donors (Lipinski definition) is 0. The lowest BCUT2D eigenvalue weighted by molar-refractivity contribution is 0.0804. The Labute approximate surface area is 167 Å². The lowest BCUT2D eigenvalue weighted by atomic mass is 10.1. The zero-order valence-corrected chi connectivity index (χ0v) is 16.9. The average Bonchev–Trinajstić information content (AvgIpc) is 3.13. The SMILES string of the molecule is CCN(C)C(=O)c1cnn2cnc(N(C)Cc3c(OC)ccc(F)c3Cl)cc12. The van der Waals surface area contributed by atoms with E-state index in [2.05, 4.69) is 10.1 Å². The summed E-state index contributed by atoms with van der Waals surface area (Å²) in [6, 6.07) is 4.57. The molecule has 0 spiro atoms. The van der Waals surface area contributed by atoms with Gasteiger partial charge in [0, 0.05) is 38.8 Å². The molecule has 2 aromatic heterocycles. The van der Waals surface area contributed by atoms with Crippen molar-refractivity contribution in [1.29, 1.82) is 0 Å². The number of aromatic nitrogens is 3. The molecule has 28 heavy (non-hydrogen) atoms. The Bertz CT molecular complexity index is 1020. The maximum absolute atomic E-state index is 13.9. The van der Waals surface area contributed by atoms with Gasteiger partial charge in [-0.2, -0.15) is 5.10 Å². The van der Waals surface area contributed by atoms with Crippen LogP contribution in [-0.4, -0.2) is 53.2 Å². The van der Waals surface area contributed by atoms with Crippen LogP contribution in [0.3, 0.4) is 0 Å². The quantitative estimate of drug-likeness (QED) is 0.630. The van der Waals surface area contributed by atoms with Gasteiger partial charge in [0.1, 0.15) is 23.7 Å². The molecule has 7 nitrogen and oxygen atoms in total. The third-order valence-electron chi connectivity index (χ3n) is 4.61. The maximum Gasteiger partial charge on any atom is 0.257 e. The Kier molecular flexibility index (Phi) is 5.69. The highest BCUT2D eigenvalue weighted by atomic mass is 35.5. The molecule has 0 aliphatic rings. The molecule has 0 saturated heterocycles. The Hall–Kier alpha value is -2.87. The van der Waals surface area contributed by atoms with E-state index in [1.165, 1.54) is 31.8 Å². The second-order valence-electron chi connectivity index (χ2n) is 6.35. The van der Waals surface area contributed by atoms with Crippen LogP contribution in [-0.2, 0) is 6.54 Å². The van der Waals surface area contributed by atoms with Gasteiger partial charge >= 0.3 is 0 Å². The molecule has 0 aliphatic carbocycles. The number of rotatable bonds is 6. The average molecular weight is 406 g/mol. The van der Waals surface area contributed by atoms with Gasteiger partial charge in [0.05, 0.1) is 29.4 Å². The normalized spacial score (nSPS) is 10.9. The number of carbonyl (C=O) groups is 1. The number of anilines is 1. The molecule has 0 aliphatic heterocycles. The van der Waals surface area contributed by atoms with Crippen molar-refractivity contribution in [1.82, 2.24) is 19.5 Å². The molecule has 9 heteroatoms. The second-order valence-corrected chi connectivity index (χ2v) is 6.73. The van der Waals surface area contributed by atoms with Crippen LogP contribution in [0.25, 0.3) is 5.52 Å². The molecule has 0 fully saturated rings. The molecule has 0 saturated carbocycles. The minimum absolute atomic E-state index is 0.0112. The molecule has 0 bridgehead atoms. The highest BCUT2D eigenvalue weighted by Crippen LogP contribution is 2.31. The van der Waals surface area contributed by atoms with Crippen LogP contribution in [0.2, 0.25) is 5.02 Å². The summed E-state index contributed by atoms with van der Waals surface area (Å²) < 4.78 is 20.7. The van der Waals surface area contributed by atoms with Crippen LogP contribution in [0.5, 0.6) is 5.75 Å². The van der Waals surface area contributed by atoms with E-state index in [1.54, 1.807) is 34.5 Å². The van der Waals surface area contributed by atoms with E-state index in [1.807, 2.05) is 6.92 Å². The van der Waals surface area contributed by atoms with Crippen LogP contribution < -0.4 is 9.64 Å². The van der Waals surface area contributed by atoms with Crippen LogP contribution >= 0.6 is 11.6 Å². The van der Waals surface area contributed by atoms with Gasteiger partial charge in [0.2, 0.25) is 0 Å². The third kappa shape index (κ3) is 3.60. The number of fused-ring (bicyclic) bond motifs is 1. The van der Waals surface area contributed by atoms with Crippen LogP contribution in [0.4, 0.5) is 10.2 Å². The van der Waals surface area contributed by atoms with Gasteiger partial charge in [0.25, 0.3) is 5.91 Å². The fraction of sp³-hybridized carbons (Fsp3) is 0.316. The molecule has 0 radical (unpaired) electrons. The van der Waals surface area contributed by atoms with E-state index in [0.29, 0.717) is 34.8 Å². The second kappa shape index (κ2) is 8.02. The van der Waals surface area contributed by atoms with E-state index in [4.69, 9.17) is 16.3 Å². The lowest BCUT2D eigenvalue weighted by Gasteiger charge is -2.21. The molecule has 0 unspecified atom stereocenters. The van der Waals surface area contributed by atoms with Crippen molar-refractivity contribution in [3.05, 3.63) is 52.7 Å². The van der Waals surface area contributed by atoms with E-state index < -0.39 is 5.82 Å². The fourth-order valence-electron chi connectivity index (χ4n) is 2.84. The minimum Gasteiger partial charge on any atom is -0.496 e. The van der Waals surface area contributed by atoms with Gasteiger partial charge in [-0.1, -0.05) is 11.6 Å². The fourth-order valence-corrected chi connectivity index (χ4v) is 3.05. The van der Waals surface area contributed by atoms with Crippen molar-refractivity contribution in [3.63, 3.8) is 0 Å². The first kappa shape index (κ1) is 19.9. The molecule has 1 amide bonds. The van der Waals surface area contributed by atoms with Gasteiger partial charge in [-0.25, -0.2) is 13.9 Å². The van der Waals surface area contributed by atoms with Crippen molar-refractivity contribution in [2.24, 2.45) is 0 Å². The summed E-state index contributed by atoms with van der Waals surface area (Å²) in [6.07, 6.45) is 3.07. The van der Waals surface area contributed by atoms with Crippen molar-refractivity contribution < 1.29 is 13.9 Å². The Balaban J connectivity index is 1.96. The van der Waals surface area contributed by atoms with E-state index in [-0.39, 0.29) is 17.5 Å². The zero-order chi connectivity index (χ0) is 20.4. The Morgan fingerprint density at radius 1 is 1.36 bits per heavy atom. The molecule has 2 heterocycles. The summed E-state index contributed by atoms with van der Waals surface area (Å²) >= 11 is 6.14. The number of methoxy groups -OCH3 is 1. The summed E-state index contributed by atoms with van der Waals surface area (Å²) in [5, 5.41) is 4.20. The first-order chi connectivity index (χ1) is 13.4. The first-order valence-corrected chi connectivity index (χ1v) is 9.06. The molecular weight excluding hydrogens is 385 g/mol. The summed E-state index contributed by atoms with van der Waals surface area (Å²) in [7, 11) is 5.04. The first-order valence-electron chi connectivity index (χ1n) is 8.68. The monoisotopic (exact) mass is 405 g/mol. The smallest absolute Gasteiger partial charge is 0.257 e. The largest absolute Gasteiger partial charge is 0.496 e. The molecule has 1 aromatic carbocycles. The van der Waals surface area contributed by atoms with Gasteiger partial charge in [-0.15, -0.1) is 0 Å². The summed E-state index contributed by atoms with van der Waals surface area (Å²) in [4.78, 5) is 20.3. The predicted octanol–water partition coefficient (Wildman–Crippen LogP) is 3.26. The van der Waals surface area contributed by atoms with E-state index in [0.717, 1.165) is 0 Å². The molecule has 3 aromatic rings. The van der Waals surface area contributed by atoms with E-state index in [9.17, 15) is 9.18 Å². The van der Waals surface area contributed by atoms with Gasteiger partial charge in [0.15, 0.2) is 0 Å². The highest BCUT2D eigenvalue weighted by molar-refractivity contribution is 6.31. The lowest BCUT2D eigenvalue weighted by Crippen LogP contribution is -2.26. The van der Waals surface area contributed by atoms with Gasteiger partial charge in [-0.3, -0.25) is 4.79 Å².